The first kappa shape index (κ1) is 12.0. The summed E-state index contributed by atoms with van der Waals surface area (Å²) < 4.78 is 25.7. The molecular formula is C8H16N4O2S. The van der Waals surface area contributed by atoms with Gasteiger partial charge in [0, 0.05) is 32.5 Å². The molecule has 0 bridgehead atoms. The van der Waals surface area contributed by atoms with Crippen molar-refractivity contribution in [3.8, 4) is 0 Å². The molecule has 0 atom stereocenters. The van der Waals surface area contributed by atoms with Crippen molar-refractivity contribution in [2.75, 3.05) is 24.7 Å². The van der Waals surface area contributed by atoms with Gasteiger partial charge >= 0.3 is 0 Å². The molecule has 0 fully saturated rings. The number of anilines is 1. The molecule has 7 heteroatoms. The average Bonchev–Trinajstić information content (AvgIpc) is 2.49. The van der Waals surface area contributed by atoms with Gasteiger partial charge in [-0.3, -0.25) is 0 Å². The molecular weight excluding hydrogens is 216 g/mol. The zero-order chi connectivity index (χ0) is 11.3. The van der Waals surface area contributed by atoms with E-state index in [1.165, 1.54) is 0 Å². The van der Waals surface area contributed by atoms with Crippen molar-refractivity contribution in [1.82, 2.24) is 14.3 Å². The van der Waals surface area contributed by atoms with Gasteiger partial charge in [0.1, 0.15) is 0 Å². The van der Waals surface area contributed by atoms with Crippen LogP contribution < -0.4 is 10.0 Å². The summed E-state index contributed by atoms with van der Waals surface area (Å²) in [4.78, 5) is 4.08. The predicted molar refractivity (Wildman–Crippen MR) is 59.2 cm³/mol. The van der Waals surface area contributed by atoms with Gasteiger partial charge in [-0.1, -0.05) is 0 Å². The Kier molecular flexibility index (Phi) is 4.10. The Labute approximate surface area is 89.8 Å². The molecule has 1 aromatic rings. The highest BCUT2D eigenvalue weighted by Crippen LogP contribution is 1.99. The van der Waals surface area contributed by atoms with Gasteiger partial charge in [0.25, 0.3) is 0 Å². The maximum Gasteiger partial charge on any atom is 0.208 e. The van der Waals surface area contributed by atoms with Crippen LogP contribution in [0, 0.1) is 0 Å². The summed E-state index contributed by atoms with van der Waals surface area (Å²) in [6.07, 6.45) is 5.42. The first-order valence-corrected chi connectivity index (χ1v) is 6.54. The summed E-state index contributed by atoms with van der Waals surface area (Å²) in [5.41, 5.74) is 0. The van der Waals surface area contributed by atoms with Gasteiger partial charge in [-0.25, -0.2) is 18.1 Å². The number of sulfonamides is 1. The van der Waals surface area contributed by atoms with Crippen LogP contribution in [0.25, 0.3) is 0 Å². The van der Waals surface area contributed by atoms with Crippen molar-refractivity contribution < 1.29 is 8.42 Å². The molecule has 1 aromatic heterocycles. The molecule has 0 radical (unpaired) electrons. The maximum absolute atomic E-state index is 10.7. The molecule has 15 heavy (non-hydrogen) atoms. The van der Waals surface area contributed by atoms with Gasteiger partial charge < -0.3 is 9.88 Å². The smallest absolute Gasteiger partial charge is 0.208 e. The topological polar surface area (TPSA) is 76.0 Å². The van der Waals surface area contributed by atoms with Crippen molar-refractivity contribution in [1.29, 1.82) is 0 Å². The number of nitrogens with one attached hydrogen (secondary N) is 2. The quantitative estimate of drug-likeness (QED) is 0.664. The van der Waals surface area contributed by atoms with E-state index in [1.807, 2.05) is 17.8 Å². The number of hydrogen-bond donors (Lipinski definition) is 2. The lowest BCUT2D eigenvalue weighted by Crippen LogP contribution is -2.24. The molecule has 0 aliphatic rings. The molecule has 1 heterocycles. The molecule has 1 rings (SSSR count). The molecule has 0 saturated heterocycles. The Morgan fingerprint density at radius 1 is 1.47 bits per heavy atom. The largest absolute Gasteiger partial charge is 0.356 e. The number of imidazole rings is 1. The fourth-order valence-corrected chi connectivity index (χ4v) is 1.60. The van der Waals surface area contributed by atoms with Gasteiger partial charge in [-0.15, -0.1) is 0 Å². The van der Waals surface area contributed by atoms with Gasteiger partial charge in [-0.05, 0) is 6.42 Å². The fraction of sp³-hybridized carbons (Fsp3) is 0.625. The van der Waals surface area contributed by atoms with E-state index in [0.717, 1.165) is 18.6 Å². The molecule has 6 nitrogen and oxygen atoms in total. The highest BCUT2D eigenvalue weighted by molar-refractivity contribution is 7.88. The number of aromatic nitrogens is 2. The van der Waals surface area contributed by atoms with Crippen LogP contribution in [0.2, 0.25) is 0 Å². The van der Waals surface area contributed by atoms with Crippen LogP contribution in [-0.4, -0.2) is 37.3 Å². The molecule has 0 aliphatic heterocycles. The summed E-state index contributed by atoms with van der Waals surface area (Å²) in [6, 6.07) is 0. The number of nitrogens with zero attached hydrogens (tertiary/aromatic N) is 2. The average molecular weight is 232 g/mol. The van der Waals surface area contributed by atoms with Gasteiger partial charge in [0.15, 0.2) is 0 Å². The molecule has 2 N–H and O–H groups in total. The third-order valence-electron chi connectivity index (χ3n) is 1.82. The standard InChI is InChI=1S/C8H16N4O2S/c1-12-7-6-10-8(12)9-4-3-5-11-15(2,13)14/h6-7,11H,3-5H2,1-2H3,(H,9,10). The molecule has 0 aliphatic carbocycles. The number of rotatable bonds is 6. The van der Waals surface area contributed by atoms with Crippen LogP contribution in [0.15, 0.2) is 12.4 Å². The van der Waals surface area contributed by atoms with Crippen LogP contribution in [-0.2, 0) is 17.1 Å². The lowest BCUT2D eigenvalue weighted by atomic mass is 10.4. The van der Waals surface area contributed by atoms with E-state index in [2.05, 4.69) is 15.0 Å². The number of hydrogen-bond acceptors (Lipinski definition) is 4. The van der Waals surface area contributed by atoms with Gasteiger partial charge in [0.2, 0.25) is 16.0 Å². The second kappa shape index (κ2) is 5.13. The van der Waals surface area contributed by atoms with Crippen LogP contribution in [0.4, 0.5) is 5.95 Å². The highest BCUT2D eigenvalue weighted by atomic mass is 32.2. The van der Waals surface area contributed by atoms with E-state index in [1.54, 1.807) is 6.20 Å². The minimum atomic E-state index is -3.07. The van der Waals surface area contributed by atoms with E-state index < -0.39 is 10.0 Å². The summed E-state index contributed by atoms with van der Waals surface area (Å²) in [5.74, 6) is 0.786. The predicted octanol–water partition coefficient (Wildman–Crippen LogP) is -0.229. The Bertz CT molecular complexity index is 399. The monoisotopic (exact) mass is 232 g/mol. The van der Waals surface area contributed by atoms with E-state index in [9.17, 15) is 8.42 Å². The SMILES string of the molecule is Cn1ccnc1NCCCNS(C)(=O)=O. The van der Waals surface area contributed by atoms with Crippen molar-refractivity contribution in [3.05, 3.63) is 12.4 Å². The van der Waals surface area contributed by atoms with Gasteiger partial charge in [-0.2, -0.15) is 0 Å². The van der Waals surface area contributed by atoms with E-state index in [0.29, 0.717) is 13.1 Å². The molecule has 0 saturated carbocycles. The lowest BCUT2D eigenvalue weighted by molar-refractivity contribution is 0.586. The van der Waals surface area contributed by atoms with Crippen molar-refractivity contribution in [3.63, 3.8) is 0 Å². The third-order valence-corrected chi connectivity index (χ3v) is 2.55. The summed E-state index contributed by atoms with van der Waals surface area (Å²) in [7, 11) is -1.17. The lowest BCUT2D eigenvalue weighted by Gasteiger charge is -2.05. The summed E-state index contributed by atoms with van der Waals surface area (Å²) >= 11 is 0. The molecule has 86 valence electrons. The van der Waals surface area contributed by atoms with Crippen LogP contribution in [0.1, 0.15) is 6.42 Å². The summed E-state index contributed by atoms with van der Waals surface area (Å²) in [6.45, 7) is 1.13. The van der Waals surface area contributed by atoms with Crippen molar-refractivity contribution >= 4 is 16.0 Å². The van der Waals surface area contributed by atoms with Gasteiger partial charge in [0.05, 0.1) is 6.26 Å². The highest BCUT2D eigenvalue weighted by Gasteiger charge is 1.99. The minimum absolute atomic E-state index is 0.441. The first-order valence-electron chi connectivity index (χ1n) is 4.65. The van der Waals surface area contributed by atoms with E-state index in [-0.39, 0.29) is 0 Å². The minimum Gasteiger partial charge on any atom is -0.356 e. The Hall–Kier alpha value is -1.08. The van der Waals surface area contributed by atoms with Crippen molar-refractivity contribution in [2.45, 2.75) is 6.42 Å². The molecule has 0 aromatic carbocycles. The van der Waals surface area contributed by atoms with Crippen molar-refractivity contribution in [2.24, 2.45) is 7.05 Å². The fourth-order valence-electron chi connectivity index (χ4n) is 1.08. The maximum atomic E-state index is 10.7. The van der Waals surface area contributed by atoms with E-state index >= 15 is 0 Å². The Morgan fingerprint density at radius 2 is 2.20 bits per heavy atom. The zero-order valence-corrected chi connectivity index (χ0v) is 9.71. The molecule has 0 spiro atoms. The summed E-state index contributed by atoms with van der Waals surface area (Å²) in [5, 5.41) is 3.10. The number of aryl methyl sites for hydroxylation is 1. The van der Waals surface area contributed by atoms with E-state index in [4.69, 9.17) is 0 Å². The molecule has 0 amide bonds. The Morgan fingerprint density at radius 3 is 2.73 bits per heavy atom. The Balaban J connectivity index is 2.15. The van der Waals surface area contributed by atoms with Crippen LogP contribution >= 0.6 is 0 Å². The van der Waals surface area contributed by atoms with Crippen LogP contribution in [0.3, 0.4) is 0 Å². The first-order chi connectivity index (χ1) is 6.99. The zero-order valence-electron chi connectivity index (χ0n) is 8.90. The third kappa shape index (κ3) is 4.80. The second-order valence-electron chi connectivity index (χ2n) is 3.31. The normalized spacial score (nSPS) is 11.6. The van der Waals surface area contributed by atoms with Crippen LogP contribution in [0.5, 0.6) is 0 Å². The second-order valence-corrected chi connectivity index (χ2v) is 5.14. The molecule has 0 unspecified atom stereocenters.